The first kappa shape index (κ1) is 11.7. The number of aliphatic carboxylic acids is 1. The lowest BCUT2D eigenvalue weighted by molar-refractivity contribution is -0.131. The third kappa shape index (κ3) is 3.34. The van der Waals surface area contributed by atoms with Gasteiger partial charge in [-0.15, -0.1) is 0 Å². The van der Waals surface area contributed by atoms with Crippen molar-refractivity contribution in [3.8, 4) is 0 Å². The molecule has 0 unspecified atom stereocenters. The fourth-order valence-electron chi connectivity index (χ4n) is 2.14. The summed E-state index contributed by atoms with van der Waals surface area (Å²) >= 11 is 0. The average Bonchev–Trinajstić information content (AvgIpc) is 2.38. The van der Waals surface area contributed by atoms with Crippen molar-refractivity contribution in [3.63, 3.8) is 0 Å². The third-order valence-electron chi connectivity index (χ3n) is 3.01. The van der Waals surface area contributed by atoms with Gasteiger partial charge < -0.3 is 10.0 Å². The molecule has 0 amide bonds. The number of nitrogens with zero attached hydrogens (tertiary/aromatic N) is 1. The Hall–Kier alpha value is -1.77. The summed E-state index contributed by atoms with van der Waals surface area (Å²) in [6.07, 6.45) is 6.62. The molecule has 0 atom stereocenters. The summed E-state index contributed by atoms with van der Waals surface area (Å²) < 4.78 is 0. The molecule has 0 bridgehead atoms. The molecule has 1 aromatic rings. The first-order chi connectivity index (χ1) is 8.25. The molecule has 1 heterocycles. The summed E-state index contributed by atoms with van der Waals surface area (Å²) in [6.45, 7) is 2.21. The number of carbonyl (C=O) groups is 1. The number of piperidine rings is 1. The van der Waals surface area contributed by atoms with Crippen LogP contribution in [0.1, 0.15) is 24.8 Å². The molecule has 1 aromatic carbocycles. The maximum absolute atomic E-state index is 10.5. The second-order valence-electron chi connectivity index (χ2n) is 4.31. The molecule has 1 saturated heterocycles. The molecule has 90 valence electrons. The van der Waals surface area contributed by atoms with Crippen molar-refractivity contribution in [1.29, 1.82) is 0 Å². The van der Waals surface area contributed by atoms with Gasteiger partial charge in [0.1, 0.15) is 0 Å². The van der Waals surface area contributed by atoms with Gasteiger partial charge in [0.05, 0.1) is 0 Å². The maximum atomic E-state index is 10.5. The Balaban J connectivity index is 2.12. The molecule has 17 heavy (non-hydrogen) atoms. The number of carboxylic acid groups (broad SMARTS) is 1. The minimum absolute atomic E-state index is 0.909. The van der Waals surface area contributed by atoms with Crippen LogP contribution in [0.25, 0.3) is 6.08 Å². The lowest BCUT2D eigenvalue weighted by atomic mass is 10.1. The number of carboxylic acids is 1. The van der Waals surface area contributed by atoms with Gasteiger partial charge in [0.15, 0.2) is 0 Å². The molecular weight excluding hydrogens is 214 g/mol. The molecule has 0 aliphatic carbocycles. The monoisotopic (exact) mass is 231 g/mol. The van der Waals surface area contributed by atoms with Crippen LogP contribution in [-0.2, 0) is 4.79 Å². The van der Waals surface area contributed by atoms with Crippen LogP contribution in [0.2, 0.25) is 0 Å². The molecule has 0 spiro atoms. The zero-order chi connectivity index (χ0) is 12.1. The second-order valence-corrected chi connectivity index (χ2v) is 4.31. The average molecular weight is 231 g/mol. The predicted molar refractivity (Wildman–Crippen MR) is 69.2 cm³/mol. The third-order valence-corrected chi connectivity index (χ3v) is 3.01. The summed E-state index contributed by atoms with van der Waals surface area (Å²) in [5.41, 5.74) is 2.13. The first-order valence-electron chi connectivity index (χ1n) is 6.02. The van der Waals surface area contributed by atoms with Gasteiger partial charge in [-0.1, -0.05) is 12.1 Å². The van der Waals surface area contributed by atoms with E-state index < -0.39 is 5.97 Å². The van der Waals surface area contributed by atoms with Crippen LogP contribution in [0, 0.1) is 0 Å². The summed E-state index contributed by atoms with van der Waals surface area (Å²) in [5.74, 6) is -0.909. The highest BCUT2D eigenvalue weighted by molar-refractivity contribution is 5.85. The van der Waals surface area contributed by atoms with Crippen LogP contribution in [0.5, 0.6) is 0 Å². The van der Waals surface area contributed by atoms with Crippen LogP contribution >= 0.6 is 0 Å². The van der Waals surface area contributed by atoms with Gasteiger partial charge in [-0.25, -0.2) is 4.79 Å². The zero-order valence-electron chi connectivity index (χ0n) is 9.80. The number of benzene rings is 1. The Bertz CT molecular complexity index is 420. The molecule has 2 rings (SSSR count). The first-order valence-corrected chi connectivity index (χ1v) is 6.02. The molecule has 1 fully saturated rings. The molecule has 3 nitrogen and oxygen atoms in total. The van der Waals surface area contributed by atoms with E-state index in [4.69, 9.17) is 5.11 Å². The fourth-order valence-corrected chi connectivity index (χ4v) is 2.14. The number of hydrogen-bond donors (Lipinski definition) is 1. The Morgan fingerprint density at radius 1 is 1.24 bits per heavy atom. The van der Waals surface area contributed by atoms with Crippen LogP contribution < -0.4 is 4.90 Å². The summed E-state index contributed by atoms with van der Waals surface area (Å²) in [4.78, 5) is 12.8. The van der Waals surface area contributed by atoms with E-state index in [1.807, 2.05) is 18.2 Å². The highest BCUT2D eigenvalue weighted by atomic mass is 16.4. The van der Waals surface area contributed by atoms with Crippen molar-refractivity contribution in [2.45, 2.75) is 19.3 Å². The van der Waals surface area contributed by atoms with E-state index in [-0.39, 0.29) is 0 Å². The molecule has 1 aliphatic heterocycles. The number of anilines is 1. The fraction of sp³-hybridized carbons (Fsp3) is 0.357. The largest absolute Gasteiger partial charge is 0.478 e. The summed E-state index contributed by atoms with van der Waals surface area (Å²) in [5, 5.41) is 8.60. The smallest absolute Gasteiger partial charge is 0.328 e. The van der Waals surface area contributed by atoms with Crippen molar-refractivity contribution < 1.29 is 9.90 Å². The summed E-state index contributed by atoms with van der Waals surface area (Å²) in [7, 11) is 0. The normalized spacial score (nSPS) is 16.4. The second kappa shape index (κ2) is 5.53. The predicted octanol–water partition coefficient (Wildman–Crippen LogP) is 2.77. The SMILES string of the molecule is O=C(O)/C=C/c1cccc(N2CCCCC2)c1. The Labute approximate surface area is 101 Å². The quantitative estimate of drug-likeness (QED) is 0.813. The topological polar surface area (TPSA) is 40.5 Å². The van der Waals surface area contributed by atoms with E-state index in [9.17, 15) is 4.79 Å². The lowest BCUT2D eigenvalue weighted by Crippen LogP contribution is -2.29. The van der Waals surface area contributed by atoms with E-state index in [0.717, 1.165) is 18.7 Å². The molecule has 3 heteroatoms. The van der Waals surface area contributed by atoms with Crippen LogP contribution in [0.4, 0.5) is 5.69 Å². The van der Waals surface area contributed by atoms with Gasteiger partial charge in [0, 0.05) is 24.9 Å². The van der Waals surface area contributed by atoms with E-state index in [0.29, 0.717) is 0 Å². The minimum atomic E-state index is -0.909. The molecule has 0 aromatic heterocycles. The van der Waals surface area contributed by atoms with Gasteiger partial charge in [0.25, 0.3) is 0 Å². The zero-order valence-corrected chi connectivity index (χ0v) is 9.80. The number of rotatable bonds is 3. The molecule has 0 radical (unpaired) electrons. The molecule has 1 N–H and O–H groups in total. The van der Waals surface area contributed by atoms with E-state index in [1.165, 1.54) is 31.0 Å². The van der Waals surface area contributed by atoms with Crippen molar-refractivity contribution in [1.82, 2.24) is 0 Å². The summed E-state index contributed by atoms with van der Waals surface area (Å²) in [6, 6.07) is 8.03. The van der Waals surface area contributed by atoms with Crippen LogP contribution in [-0.4, -0.2) is 24.2 Å². The Morgan fingerprint density at radius 3 is 2.71 bits per heavy atom. The van der Waals surface area contributed by atoms with Crippen molar-refractivity contribution in [3.05, 3.63) is 35.9 Å². The molecular formula is C14H17NO2. The van der Waals surface area contributed by atoms with E-state index in [2.05, 4.69) is 11.0 Å². The minimum Gasteiger partial charge on any atom is -0.478 e. The molecule has 1 aliphatic rings. The van der Waals surface area contributed by atoms with E-state index >= 15 is 0 Å². The van der Waals surface area contributed by atoms with Crippen LogP contribution in [0.15, 0.2) is 30.3 Å². The van der Waals surface area contributed by atoms with Crippen molar-refractivity contribution >= 4 is 17.7 Å². The van der Waals surface area contributed by atoms with Gasteiger partial charge in [0.2, 0.25) is 0 Å². The standard InChI is InChI=1S/C14H17NO2/c16-14(17)8-7-12-5-4-6-13(11-12)15-9-2-1-3-10-15/h4-8,11H,1-3,9-10H2,(H,16,17)/b8-7+. The van der Waals surface area contributed by atoms with Gasteiger partial charge in [-0.2, -0.15) is 0 Å². The lowest BCUT2D eigenvalue weighted by Gasteiger charge is -2.29. The van der Waals surface area contributed by atoms with Crippen LogP contribution in [0.3, 0.4) is 0 Å². The Kier molecular flexibility index (Phi) is 3.81. The highest BCUT2D eigenvalue weighted by Gasteiger charge is 2.10. The highest BCUT2D eigenvalue weighted by Crippen LogP contribution is 2.21. The van der Waals surface area contributed by atoms with Crippen molar-refractivity contribution in [2.75, 3.05) is 18.0 Å². The van der Waals surface area contributed by atoms with Crippen molar-refractivity contribution in [2.24, 2.45) is 0 Å². The number of hydrogen-bond acceptors (Lipinski definition) is 2. The molecule has 0 saturated carbocycles. The van der Waals surface area contributed by atoms with E-state index in [1.54, 1.807) is 6.08 Å². The van der Waals surface area contributed by atoms with Gasteiger partial charge in [-0.3, -0.25) is 0 Å². The Morgan fingerprint density at radius 2 is 2.00 bits per heavy atom. The van der Waals surface area contributed by atoms with Gasteiger partial charge >= 0.3 is 5.97 Å². The van der Waals surface area contributed by atoms with Gasteiger partial charge in [-0.05, 0) is 43.0 Å². The maximum Gasteiger partial charge on any atom is 0.328 e.